The van der Waals surface area contributed by atoms with E-state index in [0.29, 0.717) is 49.2 Å². The van der Waals surface area contributed by atoms with Crippen molar-refractivity contribution in [3.05, 3.63) is 63.6 Å². The normalized spacial score (nSPS) is 14.1. The van der Waals surface area contributed by atoms with E-state index >= 15 is 0 Å². The fraction of sp³-hybridized carbons (Fsp3) is 0.200. The second-order valence-electron chi connectivity index (χ2n) is 6.44. The summed E-state index contributed by atoms with van der Waals surface area (Å²) in [7, 11) is 0. The Balaban J connectivity index is 1.56. The molecule has 2 heterocycles. The predicted molar refractivity (Wildman–Crippen MR) is 123 cm³/mol. The molecule has 1 fully saturated rings. The molecule has 1 aliphatic heterocycles. The van der Waals surface area contributed by atoms with Gasteiger partial charge in [0.2, 0.25) is 17.8 Å². The number of morpholine rings is 1. The van der Waals surface area contributed by atoms with Gasteiger partial charge in [-0.2, -0.15) is 20.1 Å². The van der Waals surface area contributed by atoms with E-state index in [0.717, 1.165) is 15.7 Å². The van der Waals surface area contributed by atoms with Gasteiger partial charge in [-0.15, -0.1) is 0 Å². The number of aromatic nitrogens is 3. The van der Waals surface area contributed by atoms with Gasteiger partial charge in [-0.05, 0) is 35.9 Å². The number of hydrogen-bond acceptors (Lipinski definition) is 8. The Morgan fingerprint density at radius 2 is 1.80 bits per heavy atom. The summed E-state index contributed by atoms with van der Waals surface area (Å²) in [6.07, 6.45) is 1.68. The van der Waals surface area contributed by atoms with E-state index < -0.39 is 0 Å². The highest BCUT2D eigenvalue weighted by Crippen LogP contribution is 2.21. The lowest BCUT2D eigenvalue weighted by atomic mass is 10.2. The van der Waals surface area contributed by atoms with E-state index in [4.69, 9.17) is 16.3 Å². The molecule has 154 valence electrons. The van der Waals surface area contributed by atoms with E-state index in [1.807, 2.05) is 48.5 Å². The number of hydrazone groups is 1. The molecule has 0 saturated carbocycles. The molecule has 3 aromatic rings. The molecule has 10 heteroatoms. The standard InChI is InChI=1S/C20H19BrClN7O/c21-15-2-1-3-17(12-15)24-18-25-19(27-20(26-18)29-8-10-30-11-9-29)28-23-13-14-4-6-16(22)7-5-14/h1-7,12-13H,8-11H2,(H2,24,25,26,27,28)/b23-13-. The number of anilines is 4. The van der Waals surface area contributed by atoms with Gasteiger partial charge >= 0.3 is 0 Å². The third kappa shape index (κ3) is 5.65. The van der Waals surface area contributed by atoms with Crippen molar-refractivity contribution >= 4 is 57.3 Å². The maximum Gasteiger partial charge on any atom is 0.250 e. The van der Waals surface area contributed by atoms with E-state index in [1.165, 1.54) is 0 Å². The highest BCUT2D eigenvalue weighted by atomic mass is 79.9. The molecule has 0 spiro atoms. The topological polar surface area (TPSA) is 87.6 Å². The molecule has 1 aromatic heterocycles. The molecule has 2 N–H and O–H groups in total. The summed E-state index contributed by atoms with van der Waals surface area (Å²) in [4.78, 5) is 15.6. The first-order valence-electron chi connectivity index (χ1n) is 9.32. The van der Waals surface area contributed by atoms with Gasteiger partial charge in [0.05, 0.1) is 19.4 Å². The minimum Gasteiger partial charge on any atom is -0.378 e. The molecule has 0 radical (unpaired) electrons. The second kappa shape index (κ2) is 9.84. The molecule has 1 aliphatic rings. The van der Waals surface area contributed by atoms with Crippen LogP contribution in [-0.2, 0) is 4.74 Å². The summed E-state index contributed by atoms with van der Waals surface area (Å²) >= 11 is 9.39. The zero-order valence-electron chi connectivity index (χ0n) is 15.9. The number of hydrogen-bond donors (Lipinski definition) is 2. The van der Waals surface area contributed by atoms with Crippen molar-refractivity contribution in [2.24, 2.45) is 5.10 Å². The van der Waals surface area contributed by atoms with Crippen molar-refractivity contribution in [3.63, 3.8) is 0 Å². The molecule has 0 amide bonds. The van der Waals surface area contributed by atoms with Crippen LogP contribution < -0.4 is 15.6 Å². The molecule has 0 unspecified atom stereocenters. The van der Waals surface area contributed by atoms with Crippen molar-refractivity contribution < 1.29 is 4.74 Å². The van der Waals surface area contributed by atoms with Gasteiger partial charge < -0.3 is 15.0 Å². The van der Waals surface area contributed by atoms with Gasteiger partial charge in [-0.1, -0.05) is 45.7 Å². The highest BCUT2D eigenvalue weighted by molar-refractivity contribution is 9.10. The van der Waals surface area contributed by atoms with Crippen LogP contribution >= 0.6 is 27.5 Å². The van der Waals surface area contributed by atoms with Crippen LogP contribution in [0.1, 0.15) is 5.56 Å². The molecule has 1 saturated heterocycles. The molecule has 8 nitrogen and oxygen atoms in total. The molecular formula is C20H19BrClN7O. The van der Waals surface area contributed by atoms with Crippen molar-refractivity contribution in [2.75, 3.05) is 41.9 Å². The molecule has 30 heavy (non-hydrogen) atoms. The van der Waals surface area contributed by atoms with Gasteiger partial charge in [0.15, 0.2) is 0 Å². The summed E-state index contributed by atoms with van der Waals surface area (Å²) in [6, 6.07) is 15.1. The number of halogens is 2. The first kappa shape index (κ1) is 20.5. The van der Waals surface area contributed by atoms with Gasteiger partial charge in [0, 0.05) is 28.3 Å². The maximum atomic E-state index is 5.92. The van der Waals surface area contributed by atoms with Gasteiger partial charge in [-0.25, -0.2) is 5.43 Å². The van der Waals surface area contributed by atoms with Gasteiger partial charge in [0.1, 0.15) is 0 Å². The second-order valence-corrected chi connectivity index (χ2v) is 7.79. The van der Waals surface area contributed by atoms with Gasteiger partial charge in [-0.3, -0.25) is 0 Å². The van der Waals surface area contributed by atoms with E-state index in [-0.39, 0.29) is 0 Å². The quantitative estimate of drug-likeness (QED) is 0.395. The number of nitrogens with zero attached hydrogens (tertiary/aromatic N) is 5. The first-order valence-corrected chi connectivity index (χ1v) is 10.5. The smallest absolute Gasteiger partial charge is 0.250 e. The Morgan fingerprint density at radius 3 is 2.57 bits per heavy atom. The van der Waals surface area contributed by atoms with Crippen LogP contribution in [0.4, 0.5) is 23.5 Å². The Kier molecular flexibility index (Phi) is 6.73. The van der Waals surface area contributed by atoms with Crippen LogP contribution in [0.15, 0.2) is 58.1 Å². The van der Waals surface area contributed by atoms with Crippen molar-refractivity contribution in [3.8, 4) is 0 Å². The largest absolute Gasteiger partial charge is 0.378 e. The molecular weight excluding hydrogens is 470 g/mol. The van der Waals surface area contributed by atoms with Crippen LogP contribution in [0.5, 0.6) is 0 Å². The highest BCUT2D eigenvalue weighted by Gasteiger charge is 2.16. The fourth-order valence-electron chi connectivity index (χ4n) is 2.78. The molecule has 0 atom stereocenters. The zero-order chi connectivity index (χ0) is 20.8. The molecule has 0 aliphatic carbocycles. The van der Waals surface area contributed by atoms with Crippen LogP contribution in [0.25, 0.3) is 0 Å². The molecule has 2 aromatic carbocycles. The minimum absolute atomic E-state index is 0.342. The first-order chi connectivity index (χ1) is 14.7. The van der Waals surface area contributed by atoms with Crippen LogP contribution in [0.2, 0.25) is 5.02 Å². The summed E-state index contributed by atoms with van der Waals surface area (Å²) in [6.45, 7) is 2.71. The number of rotatable bonds is 6. The SMILES string of the molecule is Clc1ccc(/C=N\Nc2nc(Nc3cccc(Br)c3)nc(N3CCOCC3)n2)cc1. The lowest BCUT2D eigenvalue weighted by molar-refractivity contribution is 0.122. The Labute approximate surface area is 187 Å². The predicted octanol–water partition coefficient (Wildman–Crippen LogP) is 4.31. The third-order valence-electron chi connectivity index (χ3n) is 4.25. The molecule has 0 bridgehead atoms. The van der Waals surface area contributed by atoms with E-state index in [9.17, 15) is 0 Å². The molecule has 4 rings (SSSR count). The summed E-state index contributed by atoms with van der Waals surface area (Å²) in [5.74, 6) is 1.33. The summed E-state index contributed by atoms with van der Waals surface area (Å²) < 4.78 is 6.39. The van der Waals surface area contributed by atoms with E-state index in [2.05, 4.69) is 51.6 Å². The van der Waals surface area contributed by atoms with Crippen LogP contribution in [-0.4, -0.2) is 47.5 Å². The Hall–Kier alpha value is -2.75. The summed E-state index contributed by atoms with van der Waals surface area (Å²) in [5, 5.41) is 8.14. The monoisotopic (exact) mass is 487 g/mol. The Bertz CT molecular complexity index is 1030. The number of benzene rings is 2. The van der Waals surface area contributed by atoms with E-state index in [1.54, 1.807) is 6.21 Å². The van der Waals surface area contributed by atoms with Crippen molar-refractivity contribution in [1.82, 2.24) is 15.0 Å². The van der Waals surface area contributed by atoms with Crippen LogP contribution in [0, 0.1) is 0 Å². The summed E-state index contributed by atoms with van der Waals surface area (Å²) in [5.41, 5.74) is 4.66. The van der Waals surface area contributed by atoms with Crippen LogP contribution in [0.3, 0.4) is 0 Å². The average molecular weight is 489 g/mol. The van der Waals surface area contributed by atoms with Crippen molar-refractivity contribution in [1.29, 1.82) is 0 Å². The Morgan fingerprint density at radius 1 is 1.03 bits per heavy atom. The average Bonchev–Trinajstić information content (AvgIpc) is 2.76. The minimum atomic E-state index is 0.342. The maximum absolute atomic E-state index is 5.92. The number of ether oxygens (including phenoxy) is 1. The number of nitrogens with one attached hydrogen (secondary N) is 2. The third-order valence-corrected chi connectivity index (χ3v) is 4.99. The zero-order valence-corrected chi connectivity index (χ0v) is 18.3. The fourth-order valence-corrected chi connectivity index (χ4v) is 3.31. The lowest BCUT2D eigenvalue weighted by Gasteiger charge is -2.27. The lowest BCUT2D eigenvalue weighted by Crippen LogP contribution is -2.37. The van der Waals surface area contributed by atoms with Crippen molar-refractivity contribution in [2.45, 2.75) is 0 Å². The van der Waals surface area contributed by atoms with Gasteiger partial charge in [0.25, 0.3) is 0 Å².